The first kappa shape index (κ1) is 18.7. The molecule has 7 heteroatoms. The van der Waals surface area contributed by atoms with Gasteiger partial charge in [0.25, 0.3) is 0 Å². The van der Waals surface area contributed by atoms with Gasteiger partial charge in [0.2, 0.25) is 5.91 Å². The van der Waals surface area contributed by atoms with E-state index in [9.17, 15) is 18.0 Å². The average Bonchev–Trinajstić information content (AvgIpc) is 2.26. The molecule has 0 aliphatic rings. The Morgan fingerprint density at radius 3 is 2.50 bits per heavy atom. The fourth-order valence-corrected chi connectivity index (χ4v) is 1.87. The van der Waals surface area contributed by atoms with E-state index in [1.807, 2.05) is 0 Å². The van der Waals surface area contributed by atoms with Crippen LogP contribution in [0.15, 0.2) is 24.3 Å². The van der Waals surface area contributed by atoms with Crippen LogP contribution in [0.25, 0.3) is 0 Å². The van der Waals surface area contributed by atoms with Crippen molar-refractivity contribution < 1.29 is 18.0 Å². The van der Waals surface area contributed by atoms with Crippen LogP contribution in [0.5, 0.6) is 0 Å². The van der Waals surface area contributed by atoms with E-state index in [-0.39, 0.29) is 24.4 Å². The average molecular weight is 311 g/mol. The molecule has 3 N–H and O–H groups in total. The second-order valence-electron chi connectivity index (χ2n) is 4.57. The molecular formula is C13H18ClF3N2O. The van der Waals surface area contributed by atoms with Crippen molar-refractivity contribution in [3.63, 3.8) is 0 Å². The van der Waals surface area contributed by atoms with Crippen molar-refractivity contribution in [1.82, 2.24) is 5.32 Å². The Hall–Kier alpha value is -1.27. The molecule has 0 saturated carbocycles. The SMILES string of the molecule is CC(=O)NC(C)CC(N)c1cccc(C(F)(F)F)c1.Cl. The third-order valence-electron chi connectivity index (χ3n) is 2.70. The van der Waals surface area contributed by atoms with Gasteiger partial charge in [0.15, 0.2) is 0 Å². The van der Waals surface area contributed by atoms with Crippen LogP contribution in [0, 0.1) is 0 Å². The molecule has 2 unspecified atom stereocenters. The van der Waals surface area contributed by atoms with Crippen LogP contribution in [0.2, 0.25) is 0 Å². The Bertz CT molecular complexity index is 451. The highest BCUT2D eigenvalue weighted by molar-refractivity contribution is 5.85. The highest BCUT2D eigenvalue weighted by Gasteiger charge is 2.30. The van der Waals surface area contributed by atoms with Crippen LogP contribution in [0.3, 0.4) is 0 Å². The summed E-state index contributed by atoms with van der Waals surface area (Å²) in [6.45, 7) is 3.14. The maximum absolute atomic E-state index is 12.6. The number of carbonyl (C=O) groups is 1. The molecule has 20 heavy (non-hydrogen) atoms. The van der Waals surface area contributed by atoms with E-state index in [2.05, 4.69) is 5.32 Å². The molecule has 1 rings (SSSR count). The summed E-state index contributed by atoms with van der Waals surface area (Å²) in [5.41, 5.74) is 5.56. The number of nitrogens with one attached hydrogen (secondary N) is 1. The molecule has 0 aromatic heterocycles. The summed E-state index contributed by atoms with van der Waals surface area (Å²) in [4.78, 5) is 10.9. The first-order valence-corrected chi connectivity index (χ1v) is 5.90. The largest absolute Gasteiger partial charge is 0.416 e. The van der Waals surface area contributed by atoms with Crippen molar-refractivity contribution in [2.75, 3.05) is 0 Å². The van der Waals surface area contributed by atoms with Crippen LogP contribution in [0.4, 0.5) is 13.2 Å². The lowest BCUT2D eigenvalue weighted by Gasteiger charge is -2.19. The van der Waals surface area contributed by atoms with Gasteiger partial charge in [-0.05, 0) is 31.0 Å². The van der Waals surface area contributed by atoms with Crippen LogP contribution in [-0.4, -0.2) is 11.9 Å². The van der Waals surface area contributed by atoms with Gasteiger partial charge >= 0.3 is 6.18 Å². The summed E-state index contributed by atoms with van der Waals surface area (Å²) in [6.07, 6.45) is -4.00. The molecule has 3 nitrogen and oxygen atoms in total. The van der Waals surface area contributed by atoms with E-state index in [1.54, 1.807) is 13.0 Å². The summed E-state index contributed by atoms with van der Waals surface area (Å²) in [5.74, 6) is -0.191. The minimum atomic E-state index is -4.38. The standard InChI is InChI=1S/C13H17F3N2O.ClH/c1-8(18-9(2)19)6-12(17)10-4-3-5-11(7-10)13(14,15)16;/h3-5,7-8,12H,6,17H2,1-2H3,(H,18,19);1H. The van der Waals surface area contributed by atoms with Crippen LogP contribution in [-0.2, 0) is 11.0 Å². The Morgan fingerprint density at radius 2 is 2.00 bits per heavy atom. The van der Waals surface area contributed by atoms with Gasteiger partial charge in [-0.2, -0.15) is 13.2 Å². The maximum atomic E-state index is 12.6. The van der Waals surface area contributed by atoms with Gasteiger partial charge in [-0.1, -0.05) is 12.1 Å². The zero-order chi connectivity index (χ0) is 14.6. The summed E-state index contributed by atoms with van der Waals surface area (Å²) >= 11 is 0. The molecule has 0 fully saturated rings. The topological polar surface area (TPSA) is 55.1 Å². The van der Waals surface area contributed by atoms with E-state index in [1.165, 1.54) is 13.0 Å². The summed E-state index contributed by atoms with van der Waals surface area (Å²) in [5, 5.41) is 2.65. The van der Waals surface area contributed by atoms with Gasteiger partial charge in [-0.15, -0.1) is 12.4 Å². The van der Waals surface area contributed by atoms with Crippen LogP contribution < -0.4 is 11.1 Å². The molecule has 0 saturated heterocycles. The number of halogens is 4. The smallest absolute Gasteiger partial charge is 0.354 e. The molecule has 114 valence electrons. The second-order valence-corrected chi connectivity index (χ2v) is 4.57. The molecule has 1 aromatic rings. The van der Waals surface area contributed by atoms with Gasteiger partial charge in [-0.25, -0.2) is 0 Å². The monoisotopic (exact) mass is 310 g/mol. The van der Waals surface area contributed by atoms with Gasteiger partial charge in [0.1, 0.15) is 0 Å². The zero-order valence-electron chi connectivity index (χ0n) is 11.2. The predicted molar refractivity (Wildman–Crippen MR) is 73.5 cm³/mol. The van der Waals surface area contributed by atoms with Gasteiger partial charge in [0, 0.05) is 19.0 Å². The van der Waals surface area contributed by atoms with E-state index < -0.39 is 17.8 Å². The van der Waals surface area contributed by atoms with E-state index in [4.69, 9.17) is 5.73 Å². The minimum absolute atomic E-state index is 0. The van der Waals surface area contributed by atoms with Crippen molar-refractivity contribution in [2.24, 2.45) is 5.73 Å². The molecule has 0 aliphatic carbocycles. The number of benzene rings is 1. The first-order chi connectivity index (χ1) is 8.70. The number of hydrogen-bond donors (Lipinski definition) is 2. The molecular weight excluding hydrogens is 293 g/mol. The summed E-state index contributed by atoms with van der Waals surface area (Å²) < 4.78 is 37.7. The third-order valence-corrected chi connectivity index (χ3v) is 2.70. The van der Waals surface area contributed by atoms with E-state index in [0.717, 1.165) is 12.1 Å². The van der Waals surface area contributed by atoms with Crippen LogP contribution in [0.1, 0.15) is 37.4 Å². The van der Waals surface area contributed by atoms with Crippen molar-refractivity contribution in [1.29, 1.82) is 0 Å². The lowest BCUT2D eigenvalue weighted by atomic mass is 9.99. The maximum Gasteiger partial charge on any atom is 0.416 e. The number of alkyl halides is 3. The Kier molecular flexibility index (Phi) is 7.02. The van der Waals surface area contributed by atoms with Crippen molar-refractivity contribution >= 4 is 18.3 Å². The number of hydrogen-bond acceptors (Lipinski definition) is 2. The molecule has 0 radical (unpaired) electrons. The van der Waals surface area contributed by atoms with Gasteiger partial charge < -0.3 is 11.1 Å². The summed E-state index contributed by atoms with van der Waals surface area (Å²) in [7, 11) is 0. The molecule has 1 aromatic carbocycles. The molecule has 1 amide bonds. The number of carbonyl (C=O) groups excluding carboxylic acids is 1. The molecule has 2 atom stereocenters. The fraction of sp³-hybridized carbons (Fsp3) is 0.462. The lowest BCUT2D eigenvalue weighted by Crippen LogP contribution is -2.33. The zero-order valence-corrected chi connectivity index (χ0v) is 12.0. The minimum Gasteiger partial charge on any atom is -0.354 e. The first-order valence-electron chi connectivity index (χ1n) is 5.90. The number of rotatable bonds is 4. The van der Waals surface area contributed by atoms with Crippen molar-refractivity contribution in [2.45, 2.75) is 38.5 Å². The lowest BCUT2D eigenvalue weighted by molar-refractivity contribution is -0.137. The molecule has 0 bridgehead atoms. The van der Waals surface area contributed by atoms with Gasteiger partial charge in [0.05, 0.1) is 5.56 Å². The number of nitrogens with two attached hydrogens (primary N) is 1. The highest BCUT2D eigenvalue weighted by atomic mass is 35.5. The Balaban J connectivity index is 0.00000361. The predicted octanol–water partition coefficient (Wildman–Crippen LogP) is 3.04. The fourth-order valence-electron chi connectivity index (χ4n) is 1.87. The molecule has 0 spiro atoms. The number of amides is 1. The molecule has 0 heterocycles. The Morgan fingerprint density at radius 1 is 1.40 bits per heavy atom. The normalized spacial score (nSPS) is 14.1. The van der Waals surface area contributed by atoms with E-state index >= 15 is 0 Å². The highest BCUT2D eigenvalue weighted by Crippen LogP contribution is 2.31. The third kappa shape index (κ3) is 5.79. The van der Waals surface area contributed by atoms with Crippen LogP contribution >= 0.6 is 12.4 Å². The van der Waals surface area contributed by atoms with Gasteiger partial charge in [-0.3, -0.25) is 4.79 Å². The second kappa shape index (κ2) is 7.50. The van der Waals surface area contributed by atoms with E-state index in [0.29, 0.717) is 12.0 Å². The van der Waals surface area contributed by atoms with Crippen molar-refractivity contribution in [3.05, 3.63) is 35.4 Å². The summed E-state index contributed by atoms with van der Waals surface area (Å²) in [6, 6.07) is 4.20. The van der Waals surface area contributed by atoms with Crippen molar-refractivity contribution in [3.8, 4) is 0 Å². The molecule has 0 aliphatic heterocycles. The quantitative estimate of drug-likeness (QED) is 0.898. The Labute approximate surface area is 122 Å².